The molecule has 0 atom stereocenters. The zero-order chi connectivity index (χ0) is 16.4. The highest BCUT2D eigenvalue weighted by Gasteiger charge is 2.24. The summed E-state index contributed by atoms with van der Waals surface area (Å²) in [4.78, 5) is 27.9. The van der Waals surface area contributed by atoms with Crippen LogP contribution in [-0.4, -0.2) is 22.2 Å². The predicted octanol–water partition coefficient (Wildman–Crippen LogP) is 3.18. The maximum absolute atomic E-state index is 11.9. The van der Waals surface area contributed by atoms with Crippen LogP contribution in [-0.2, 0) is 4.79 Å². The van der Waals surface area contributed by atoms with Crippen LogP contribution in [0, 0.1) is 6.92 Å². The van der Waals surface area contributed by atoms with Gasteiger partial charge in [-0.15, -0.1) is 0 Å². The van der Waals surface area contributed by atoms with Gasteiger partial charge in [0.05, 0.1) is 22.4 Å². The molecule has 3 rings (SSSR count). The summed E-state index contributed by atoms with van der Waals surface area (Å²) in [6.07, 6.45) is 3.13. The Kier molecular flexibility index (Phi) is 4.03. The second-order valence-corrected chi connectivity index (χ2v) is 5.85. The number of carbonyl (C=O) groups excluding carboxylic acids is 1. The Bertz CT molecular complexity index is 838. The second kappa shape index (κ2) is 6.13. The number of hydrogen-bond donors (Lipinski definition) is 2. The maximum atomic E-state index is 11.9. The number of rotatable bonds is 3. The van der Waals surface area contributed by atoms with Crippen molar-refractivity contribution in [2.45, 2.75) is 6.92 Å². The van der Waals surface area contributed by atoms with Gasteiger partial charge in [-0.25, -0.2) is 9.79 Å². The number of carboxylic acids is 1. The van der Waals surface area contributed by atoms with Crippen LogP contribution in [0.4, 0.5) is 5.69 Å². The number of aromatic carboxylic acids is 1. The summed E-state index contributed by atoms with van der Waals surface area (Å²) in [7, 11) is 0. The lowest BCUT2D eigenvalue weighted by Gasteiger charge is -2.03. The van der Waals surface area contributed by atoms with Gasteiger partial charge in [0.2, 0.25) is 0 Å². The number of furan rings is 1. The van der Waals surface area contributed by atoms with Crippen molar-refractivity contribution in [3.05, 3.63) is 58.4 Å². The van der Waals surface area contributed by atoms with Crippen molar-refractivity contribution in [2.24, 2.45) is 4.99 Å². The summed E-state index contributed by atoms with van der Waals surface area (Å²) < 4.78 is 5.18. The molecule has 1 saturated heterocycles. The van der Waals surface area contributed by atoms with E-state index in [9.17, 15) is 14.7 Å². The smallest absolute Gasteiger partial charge is 0.337 e. The molecule has 1 aliphatic heterocycles. The van der Waals surface area contributed by atoms with Crippen LogP contribution >= 0.6 is 11.8 Å². The quantitative estimate of drug-likeness (QED) is 0.844. The van der Waals surface area contributed by atoms with Gasteiger partial charge >= 0.3 is 5.97 Å². The highest BCUT2D eigenvalue weighted by atomic mass is 32.2. The molecule has 23 heavy (non-hydrogen) atoms. The van der Waals surface area contributed by atoms with E-state index in [0.717, 1.165) is 17.3 Å². The number of nitrogens with one attached hydrogen (secondary N) is 1. The van der Waals surface area contributed by atoms with Crippen molar-refractivity contribution in [3.63, 3.8) is 0 Å². The van der Waals surface area contributed by atoms with Crippen molar-refractivity contribution >= 4 is 40.6 Å². The molecule has 1 aliphatic rings. The van der Waals surface area contributed by atoms with Crippen LogP contribution in [0.1, 0.15) is 21.7 Å². The van der Waals surface area contributed by atoms with Gasteiger partial charge < -0.3 is 14.8 Å². The lowest BCUT2D eigenvalue weighted by Crippen LogP contribution is -2.19. The molecule has 1 aromatic heterocycles. The highest BCUT2D eigenvalue weighted by molar-refractivity contribution is 8.18. The number of aryl methyl sites for hydroxylation is 1. The molecule has 1 aromatic carbocycles. The number of carbonyl (C=O) groups is 2. The fourth-order valence-electron chi connectivity index (χ4n) is 2.01. The standard InChI is InChI=1S/C16H12N2O4S/c1-9-4-5-11(15(20)21)12(7-9)17-16-18-14(19)13(23-16)8-10-3-2-6-22-10/h2-8H,1H3,(H,20,21)(H,17,18,19)/b13-8-. The first-order valence-electron chi connectivity index (χ1n) is 6.70. The van der Waals surface area contributed by atoms with E-state index >= 15 is 0 Å². The van der Waals surface area contributed by atoms with Gasteiger partial charge in [-0.3, -0.25) is 4.79 Å². The Morgan fingerprint density at radius 3 is 2.91 bits per heavy atom. The van der Waals surface area contributed by atoms with Crippen LogP contribution in [0.2, 0.25) is 0 Å². The Morgan fingerprint density at radius 1 is 1.39 bits per heavy atom. The first kappa shape index (κ1) is 15.1. The number of thioether (sulfide) groups is 1. The number of benzene rings is 1. The third kappa shape index (κ3) is 3.35. The molecule has 0 saturated carbocycles. The van der Waals surface area contributed by atoms with E-state index in [-0.39, 0.29) is 11.5 Å². The Labute approximate surface area is 135 Å². The number of aliphatic imine (C=N–C) groups is 1. The van der Waals surface area contributed by atoms with E-state index in [0.29, 0.717) is 21.5 Å². The molecule has 0 bridgehead atoms. The molecule has 1 amide bonds. The largest absolute Gasteiger partial charge is 0.478 e. The Morgan fingerprint density at radius 2 is 2.22 bits per heavy atom. The van der Waals surface area contributed by atoms with Crippen LogP contribution in [0.15, 0.2) is 50.9 Å². The van der Waals surface area contributed by atoms with Gasteiger partial charge in [-0.2, -0.15) is 0 Å². The van der Waals surface area contributed by atoms with Crippen LogP contribution in [0.3, 0.4) is 0 Å². The number of nitrogens with zero attached hydrogens (tertiary/aromatic N) is 1. The molecule has 0 unspecified atom stereocenters. The molecule has 6 nitrogen and oxygen atoms in total. The molecule has 0 aliphatic carbocycles. The van der Waals surface area contributed by atoms with Gasteiger partial charge in [0.15, 0.2) is 5.17 Å². The molecular formula is C16H12N2O4S. The summed E-state index contributed by atoms with van der Waals surface area (Å²) in [5, 5.41) is 12.2. The molecule has 0 spiro atoms. The third-order valence-electron chi connectivity index (χ3n) is 3.07. The van der Waals surface area contributed by atoms with Gasteiger partial charge in [0, 0.05) is 6.08 Å². The van der Waals surface area contributed by atoms with E-state index < -0.39 is 5.97 Å². The van der Waals surface area contributed by atoms with Crippen LogP contribution in [0.25, 0.3) is 6.08 Å². The number of amidine groups is 1. The SMILES string of the molecule is Cc1ccc(C(=O)O)c(N=C2NC(=O)/C(=C/c3ccco3)S2)c1. The van der Waals surface area contributed by atoms with Crippen LogP contribution < -0.4 is 5.32 Å². The van der Waals surface area contributed by atoms with Crippen LogP contribution in [0.5, 0.6) is 0 Å². The average Bonchev–Trinajstić information content (AvgIpc) is 3.10. The van der Waals surface area contributed by atoms with Gasteiger partial charge in [-0.05, 0) is 48.5 Å². The van der Waals surface area contributed by atoms with Crippen molar-refractivity contribution < 1.29 is 19.1 Å². The first-order valence-corrected chi connectivity index (χ1v) is 7.51. The monoisotopic (exact) mass is 328 g/mol. The number of amides is 1. The number of carboxylic acid groups (broad SMARTS) is 1. The third-order valence-corrected chi connectivity index (χ3v) is 3.98. The number of hydrogen-bond acceptors (Lipinski definition) is 5. The lowest BCUT2D eigenvalue weighted by molar-refractivity contribution is -0.115. The Hall–Kier alpha value is -2.80. The molecule has 2 aromatic rings. The maximum Gasteiger partial charge on any atom is 0.337 e. The predicted molar refractivity (Wildman–Crippen MR) is 87.7 cm³/mol. The Balaban J connectivity index is 1.92. The first-order chi connectivity index (χ1) is 11.0. The van der Waals surface area contributed by atoms with Crippen molar-refractivity contribution in [3.8, 4) is 0 Å². The molecular weight excluding hydrogens is 316 g/mol. The summed E-state index contributed by atoms with van der Waals surface area (Å²) in [5.74, 6) is -0.801. The molecule has 2 heterocycles. The highest BCUT2D eigenvalue weighted by Crippen LogP contribution is 2.29. The summed E-state index contributed by atoms with van der Waals surface area (Å²) >= 11 is 1.14. The summed E-state index contributed by atoms with van der Waals surface area (Å²) in [5.41, 5.74) is 1.27. The zero-order valence-corrected chi connectivity index (χ0v) is 12.9. The molecule has 7 heteroatoms. The van der Waals surface area contributed by atoms with E-state index in [2.05, 4.69) is 10.3 Å². The van der Waals surface area contributed by atoms with E-state index in [1.165, 1.54) is 12.3 Å². The molecule has 116 valence electrons. The fourth-order valence-corrected chi connectivity index (χ4v) is 2.82. The van der Waals surface area contributed by atoms with Crippen molar-refractivity contribution in [1.82, 2.24) is 5.32 Å². The van der Waals surface area contributed by atoms with Gasteiger partial charge in [0.25, 0.3) is 5.91 Å². The zero-order valence-electron chi connectivity index (χ0n) is 12.1. The minimum atomic E-state index is -1.06. The lowest BCUT2D eigenvalue weighted by atomic mass is 10.1. The summed E-state index contributed by atoms with van der Waals surface area (Å²) in [6, 6.07) is 8.33. The van der Waals surface area contributed by atoms with Crippen molar-refractivity contribution in [1.29, 1.82) is 0 Å². The minimum absolute atomic E-state index is 0.0846. The van der Waals surface area contributed by atoms with Gasteiger partial charge in [0.1, 0.15) is 5.76 Å². The van der Waals surface area contributed by atoms with E-state index in [4.69, 9.17) is 4.42 Å². The normalized spacial score (nSPS) is 17.7. The minimum Gasteiger partial charge on any atom is -0.478 e. The van der Waals surface area contributed by atoms with E-state index in [1.54, 1.807) is 30.3 Å². The molecule has 2 N–H and O–H groups in total. The average molecular weight is 328 g/mol. The molecule has 0 radical (unpaired) electrons. The van der Waals surface area contributed by atoms with E-state index in [1.807, 2.05) is 6.92 Å². The topological polar surface area (TPSA) is 91.9 Å². The van der Waals surface area contributed by atoms with Crippen molar-refractivity contribution in [2.75, 3.05) is 0 Å². The molecule has 1 fully saturated rings. The summed E-state index contributed by atoms with van der Waals surface area (Å²) in [6.45, 7) is 1.85. The second-order valence-electron chi connectivity index (χ2n) is 4.82. The van der Waals surface area contributed by atoms with Gasteiger partial charge in [-0.1, -0.05) is 6.07 Å². The fraction of sp³-hybridized carbons (Fsp3) is 0.0625.